The van der Waals surface area contributed by atoms with Crippen molar-refractivity contribution >= 4 is 5.97 Å². The topological polar surface area (TPSA) is 44.8 Å². The fourth-order valence-corrected chi connectivity index (χ4v) is 4.81. The fraction of sp³-hybridized carbons (Fsp3) is 0.812. The molecule has 0 spiro atoms. The van der Waals surface area contributed by atoms with Gasteiger partial charge in [0.1, 0.15) is 5.57 Å². The smallest absolute Gasteiger partial charge is 0.426 e. The van der Waals surface area contributed by atoms with Crippen molar-refractivity contribution in [2.45, 2.75) is 43.1 Å². The van der Waals surface area contributed by atoms with E-state index in [2.05, 4.69) is 16.1 Å². The highest BCUT2D eigenvalue weighted by atomic mass is 19.4. The summed E-state index contributed by atoms with van der Waals surface area (Å²) in [6, 6.07) is 0. The molecule has 1 heterocycles. The van der Waals surface area contributed by atoms with Crippen LogP contribution < -0.4 is 0 Å². The molecule has 29 heavy (non-hydrogen) atoms. The van der Waals surface area contributed by atoms with E-state index in [1.165, 1.54) is 0 Å². The third-order valence-electron chi connectivity index (χ3n) is 5.98. The maximum Gasteiger partial charge on any atom is 0.426 e. The first-order chi connectivity index (χ1) is 13.1. The molecule has 5 atom stereocenters. The number of hydrogen-bond donors (Lipinski definition) is 0. The summed E-state index contributed by atoms with van der Waals surface area (Å²) >= 11 is 0. The number of rotatable bonds is 5. The van der Waals surface area contributed by atoms with Crippen LogP contribution in [0.5, 0.6) is 0 Å². The Morgan fingerprint density at radius 2 is 1.55 bits per heavy atom. The Labute approximate surface area is 157 Å². The van der Waals surface area contributed by atoms with Gasteiger partial charge in [-0.15, -0.1) is 0 Å². The average Bonchev–Trinajstić information content (AvgIpc) is 2.98. The van der Waals surface area contributed by atoms with Crippen molar-refractivity contribution < 1.29 is 58.5 Å². The van der Waals surface area contributed by atoms with Crippen molar-refractivity contribution in [2.24, 2.45) is 23.7 Å². The standard InChI is InChI=1S/C16H15F9O4/c1-6(14(17,18)19)12(26)28-5-27-4-9-7-2-3-8(9)11-10(7)13(29-11,15(20,21)22)16(23,24)25/h7-11H,1-5H2. The van der Waals surface area contributed by atoms with Crippen LogP contribution in [0.1, 0.15) is 12.8 Å². The molecule has 1 aliphatic heterocycles. The lowest BCUT2D eigenvalue weighted by Gasteiger charge is -2.56. The van der Waals surface area contributed by atoms with E-state index < -0.39 is 72.2 Å². The summed E-state index contributed by atoms with van der Waals surface area (Å²) < 4.78 is 130. The maximum atomic E-state index is 13.3. The van der Waals surface area contributed by atoms with E-state index in [-0.39, 0.29) is 13.0 Å². The highest BCUT2D eigenvalue weighted by Gasteiger charge is 2.87. The lowest BCUT2D eigenvalue weighted by molar-refractivity contribution is -0.470. The summed E-state index contributed by atoms with van der Waals surface area (Å²) in [6.45, 7) is 1.21. The van der Waals surface area contributed by atoms with Crippen LogP contribution in [0.15, 0.2) is 12.2 Å². The molecule has 13 heteroatoms. The van der Waals surface area contributed by atoms with Crippen LogP contribution in [-0.2, 0) is 19.0 Å². The molecule has 2 bridgehead atoms. The molecule has 0 aromatic heterocycles. The Morgan fingerprint density at radius 3 is 2.07 bits per heavy atom. The van der Waals surface area contributed by atoms with Crippen molar-refractivity contribution in [1.29, 1.82) is 0 Å². The van der Waals surface area contributed by atoms with Gasteiger partial charge in [0, 0.05) is 5.92 Å². The fourth-order valence-electron chi connectivity index (χ4n) is 4.81. The molecular weight excluding hydrogens is 427 g/mol. The van der Waals surface area contributed by atoms with Crippen molar-refractivity contribution in [3.05, 3.63) is 12.2 Å². The number of carbonyl (C=O) groups is 1. The van der Waals surface area contributed by atoms with E-state index in [0.717, 1.165) is 0 Å². The zero-order valence-electron chi connectivity index (χ0n) is 14.5. The molecule has 2 aliphatic carbocycles. The summed E-state index contributed by atoms with van der Waals surface area (Å²) in [6.07, 6.45) is -17.1. The number of carbonyl (C=O) groups excluding carboxylic acids is 1. The highest BCUT2D eigenvalue weighted by molar-refractivity contribution is 5.89. The van der Waals surface area contributed by atoms with Crippen LogP contribution in [0.25, 0.3) is 0 Å². The normalized spacial score (nSPS) is 33.2. The molecule has 1 saturated heterocycles. The predicted molar refractivity (Wildman–Crippen MR) is 75.0 cm³/mol. The minimum atomic E-state index is -5.64. The third-order valence-corrected chi connectivity index (χ3v) is 5.98. The predicted octanol–water partition coefficient (Wildman–Crippen LogP) is 4.16. The molecule has 0 radical (unpaired) electrons. The molecular formula is C16H15F9O4. The molecule has 0 N–H and O–H groups in total. The van der Waals surface area contributed by atoms with Crippen molar-refractivity contribution in [3.8, 4) is 0 Å². The molecule has 5 unspecified atom stereocenters. The second-order valence-corrected chi connectivity index (χ2v) is 7.31. The molecule has 3 fully saturated rings. The summed E-state index contributed by atoms with van der Waals surface area (Å²) in [4.78, 5) is 11.2. The Morgan fingerprint density at radius 1 is 1.00 bits per heavy atom. The van der Waals surface area contributed by atoms with Gasteiger partial charge in [-0.05, 0) is 30.6 Å². The molecule has 0 amide bonds. The number of alkyl halides is 9. The number of esters is 1. The largest absolute Gasteiger partial charge is 0.435 e. The van der Waals surface area contributed by atoms with Gasteiger partial charge in [0.2, 0.25) is 0 Å². The lowest BCUT2D eigenvalue weighted by Crippen LogP contribution is -2.75. The molecule has 3 aliphatic rings. The monoisotopic (exact) mass is 442 g/mol. The van der Waals surface area contributed by atoms with E-state index >= 15 is 0 Å². The van der Waals surface area contributed by atoms with Gasteiger partial charge in [-0.3, -0.25) is 0 Å². The van der Waals surface area contributed by atoms with E-state index in [0.29, 0.717) is 6.42 Å². The van der Waals surface area contributed by atoms with Gasteiger partial charge in [-0.2, -0.15) is 39.5 Å². The van der Waals surface area contributed by atoms with Crippen LogP contribution in [0.2, 0.25) is 0 Å². The maximum absolute atomic E-state index is 13.3. The Balaban J connectivity index is 1.61. The van der Waals surface area contributed by atoms with E-state index in [1.807, 2.05) is 0 Å². The number of ether oxygens (including phenoxy) is 3. The van der Waals surface area contributed by atoms with Crippen LogP contribution in [-0.4, -0.2) is 49.6 Å². The molecule has 3 rings (SSSR count). The van der Waals surface area contributed by atoms with Crippen LogP contribution in [0.3, 0.4) is 0 Å². The number of hydrogen-bond acceptors (Lipinski definition) is 4. The average molecular weight is 442 g/mol. The summed E-state index contributed by atoms with van der Waals surface area (Å²) in [7, 11) is 0. The van der Waals surface area contributed by atoms with Gasteiger partial charge in [0.25, 0.3) is 5.60 Å². The second kappa shape index (κ2) is 6.76. The summed E-state index contributed by atoms with van der Waals surface area (Å²) in [5.74, 6) is -5.90. The number of halogens is 9. The van der Waals surface area contributed by atoms with E-state index in [9.17, 15) is 44.3 Å². The third kappa shape index (κ3) is 3.29. The van der Waals surface area contributed by atoms with Crippen LogP contribution in [0, 0.1) is 23.7 Å². The van der Waals surface area contributed by atoms with Gasteiger partial charge in [0.15, 0.2) is 6.79 Å². The Hall–Kier alpha value is -1.50. The first-order valence-electron chi connectivity index (χ1n) is 8.45. The van der Waals surface area contributed by atoms with Gasteiger partial charge < -0.3 is 14.2 Å². The summed E-state index contributed by atoms with van der Waals surface area (Å²) in [5.41, 5.74) is -5.99. The van der Waals surface area contributed by atoms with E-state index in [4.69, 9.17) is 4.74 Å². The Bertz CT molecular complexity index is 667. The van der Waals surface area contributed by atoms with Gasteiger partial charge in [0.05, 0.1) is 12.7 Å². The van der Waals surface area contributed by atoms with Crippen molar-refractivity contribution in [1.82, 2.24) is 0 Å². The van der Waals surface area contributed by atoms with Crippen LogP contribution >= 0.6 is 0 Å². The summed E-state index contributed by atoms with van der Waals surface area (Å²) in [5, 5.41) is 0. The van der Waals surface area contributed by atoms with Crippen LogP contribution in [0.4, 0.5) is 39.5 Å². The molecule has 4 nitrogen and oxygen atoms in total. The molecule has 0 aromatic carbocycles. The minimum Gasteiger partial charge on any atom is -0.435 e. The SMILES string of the molecule is C=C(C(=O)OCOCC1C2CCC1C1C2OC1(C(F)(F)F)C(F)(F)F)C(F)(F)F. The number of fused-ring (bicyclic) bond motifs is 5. The zero-order chi connectivity index (χ0) is 22.0. The molecule has 166 valence electrons. The first-order valence-corrected chi connectivity index (χ1v) is 8.45. The lowest BCUT2D eigenvalue weighted by atomic mass is 9.68. The highest BCUT2D eigenvalue weighted by Crippen LogP contribution is 2.70. The van der Waals surface area contributed by atoms with Gasteiger partial charge >= 0.3 is 24.5 Å². The quantitative estimate of drug-likeness (QED) is 0.211. The zero-order valence-corrected chi connectivity index (χ0v) is 14.5. The van der Waals surface area contributed by atoms with Gasteiger partial charge in [-0.25, -0.2) is 4.79 Å². The second-order valence-electron chi connectivity index (χ2n) is 7.31. The van der Waals surface area contributed by atoms with Crippen molar-refractivity contribution in [2.75, 3.05) is 13.4 Å². The molecule has 2 saturated carbocycles. The Kier molecular flexibility index (Phi) is 5.17. The first kappa shape index (κ1) is 22.2. The minimum absolute atomic E-state index is 0.113. The van der Waals surface area contributed by atoms with Gasteiger partial charge in [-0.1, -0.05) is 6.58 Å². The van der Waals surface area contributed by atoms with Crippen molar-refractivity contribution in [3.63, 3.8) is 0 Å². The van der Waals surface area contributed by atoms with E-state index in [1.54, 1.807) is 0 Å². The molecule has 0 aromatic rings.